The lowest BCUT2D eigenvalue weighted by Gasteiger charge is -2.19. The van der Waals surface area contributed by atoms with E-state index in [1.807, 2.05) is 18.2 Å². The van der Waals surface area contributed by atoms with E-state index in [0.717, 1.165) is 48.7 Å². The van der Waals surface area contributed by atoms with E-state index in [0.29, 0.717) is 12.5 Å². The molecule has 9 nitrogen and oxygen atoms in total. The van der Waals surface area contributed by atoms with Crippen LogP contribution in [0.2, 0.25) is 0 Å². The second-order valence-corrected chi connectivity index (χ2v) is 7.44. The SMILES string of the molecule is CN=C(NCc1ccc([N+](=O)[O-])cc1)NC1CCN(Cc2cc(OC)cc(OC)c2)C1. The number of nitro benzene ring substituents is 1. The molecule has 9 heteroatoms. The van der Waals surface area contributed by atoms with Gasteiger partial charge in [-0.3, -0.25) is 20.0 Å². The molecule has 0 spiro atoms. The third-order valence-corrected chi connectivity index (χ3v) is 5.26. The van der Waals surface area contributed by atoms with Gasteiger partial charge in [-0.15, -0.1) is 0 Å². The van der Waals surface area contributed by atoms with E-state index in [9.17, 15) is 10.1 Å². The zero-order valence-corrected chi connectivity index (χ0v) is 18.1. The molecule has 0 aliphatic carbocycles. The lowest BCUT2D eigenvalue weighted by Crippen LogP contribution is -2.44. The first kappa shape index (κ1) is 22.4. The number of non-ortho nitro benzene ring substituents is 1. The minimum Gasteiger partial charge on any atom is -0.497 e. The van der Waals surface area contributed by atoms with Crippen LogP contribution >= 0.6 is 0 Å². The topological polar surface area (TPSA) is 101 Å². The fourth-order valence-corrected chi connectivity index (χ4v) is 3.62. The Hall–Kier alpha value is -3.33. The Bertz CT molecular complexity index is 894. The minimum atomic E-state index is -0.398. The average Bonchev–Trinajstić information content (AvgIpc) is 3.23. The molecule has 166 valence electrons. The van der Waals surface area contributed by atoms with Crippen molar-refractivity contribution in [2.24, 2.45) is 4.99 Å². The number of hydrogen-bond donors (Lipinski definition) is 2. The quantitative estimate of drug-likeness (QED) is 0.289. The zero-order chi connectivity index (χ0) is 22.2. The van der Waals surface area contributed by atoms with Crippen molar-refractivity contribution in [2.45, 2.75) is 25.6 Å². The van der Waals surface area contributed by atoms with Gasteiger partial charge in [-0.05, 0) is 29.7 Å². The van der Waals surface area contributed by atoms with Gasteiger partial charge < -0.3 is 20.1 Å². The van der Waals surface area contributed by atoms with Crippen molar-refractivity contribution in [1.29, 1.82) is 0 Å². The van der Waals surface area contributed by atoms with E-state index in [1.54, 1.807) is 33.4 Å². The molecule has 1 atom stereocenters. The van der Waals surface area contributed by atoms with Crippen molar-refractivity contribution >= 4 is 11.6 Å². The smallest absolute Gasteiger partial charge is 0.269 e. The number of nitro groups is 1. The monoisotopic (exact) mass is 427 g/mol. The summed E-state index contributed by atoms with van der Waals surface area (Å²) in [7, 11) is 5.05. The fourth-order valence-electron chi connectivity index (χ4n) is 3.62. The van der Waals surface area contributed by atoms with Gasteiger partial charge in [0, 0.05) is 57.5 Å². The van der Waals surface area contributed by atoms with Crippen LogP contribution in [0, 0.1) is 10.1 Å². The van der Waals surface area contributed by atoms with E-state index >= 15 is 0 Å². The number of benzene rings is 2. The highest BCUT2D eigenvalue weighted by molar-refractivity contribution is 5.80. The van der Waals surface area contributed by atoms with Crippen molar-refractivity contribution in [2.75, 3.05) is 34.4 Å². The summed E-state index contributed by atoms with van der Waals surface area (Å²) in [5, 5.41) is 17.5. The molecule has 0 bridgehead atoms. The van der Waals surface area contributed by atoms with Gasteiger partial charge in [0.1, 0.15) is 11.5 Å². The largest absolute Gasteiger partial charge is 0.497 e. The highest BCUT2D eigenvalue weighted by Gasteiger charge is 2.23. The van der Waals surface area contributed by atoms with Gasteiger partial charge in [-0.2, -0.15) is 0 Å². The summed E-state index contributed by atoms with van der Waals surface area (Å²) in [5.74, 6) is 2.30. The minimum absolute atomic E-state index is 0.0889. The van der Waals surface area contributed by atoms with Gasteiger partial charge >= 0.3 is 0 Å². The molecular formula is C22H29N5O4. The molecule has 2 aromatic carbocycles. The van der Waals surface area contributed by atoms with Gasteiger partial charge in [0.05, 0.1) is 19.1 Å². The number of aliphatic imine (C=N–C) groups is 1. The van der Waals surface area contributed by atoms with Crippen molar-refractivity contribution in [3.63, 3.8) is 0 Å². The number of guanidine groups is 1. The van der Waals surface area contributed by atoms with Crippen LogP contribution in [-0.4, -0.2) is 56.2 Å². The van der Waals surface area contributed by atoms with Gasteiger partial charge in [0.2, 0.25) is 0 Å². The van der Waals surface area contributed by atoms with Gasteiger partial charge in [-0.1, -0.05) is 12.1 Å². The number of hydrogen-bond acceptors (Lipinski definition) is 6. The number of rotatable bonds is 8. The summed E-state index contributed by atoms with van der Waals surface area (Å²) in [4.78, 5) is 17.1. The Kier molecular flexibility index (Phi) is 7.66. The number of nitrogens with one attached hydrogen (secondary N) is 2. The van der Waals surface area contributed by atoms with Crippen LogP contribution in [0.4, 0.5) is 5.69 Å². The summed E-state index contributed by atoms with van der Waals surface area (Å²) in [6.45, 7) is 3.24. The first-order chi connectivity index (χ1) is 15.0. The molecule has 1 unspecified atom stereocenters. The molecule has 1 aliphatic heterocycles. The predicted molar refractivity (Wildman–Crippen MR) is 120 cm³/mol. The maximum atomic E-state index is 10.8. The second kappa shape index (κ2) is 10.6. The molecule has 1 aliphatic rings. The molecule has 0 saturated carbocycles. The number of likely N-dealkylation sites (tertiary alicyclic amines) is 1. The van der Waals surface area contributed by atoms with Crippen LogP contribution in [0.15, 0.2) is 47.5 Å². The molecule has 1 saturated heterocycles. The maximum Gasteiger partial charge on any atom is 0.269 e. The number of nitrogens with zero attached hydrogens (tertiary/aromatic N) is 3. The summed E-state index contributed by atoms with van der Waals surface area (Å²) in [6.07, 6.45) is 1.01. The van der Waals surface area contributed by atoms with Crippen LogP contribution in [0.3, 0.4) is 0 Å². The van der Waals surface area contributed by atoms with Crippen molar-refractivity contribution in [1.82, 2.24) is 15.5 Å². The van der Waals surface area contributed by atoms with E-state index in [4.69, 9.17) is 9.47 Å². The Labute approximate surface area is 182 Å². The highest BCUT2D eigenvalue weighted by Crippen LogP contribution is 2.24. The maximum absolute atomic E-state index is 10.8. The molecule has 0 aromatic heterocycles. The lowest BCUT2D eigenvalue weighted by atomic mass is 10.2. The number of ether oxygens (including phenoxy) is 2. The highest BCUT2D eigenvalue weighted by atomic mass is 16.6. The van der Waals surface area contributed by atoms with Crippen LogP contribution in [0.25, 0.3) is 0 Å². The van der Waals surface area contributed by atoms with Crippen molar-refractivity contribution in [3.8, 4) is 11.5 Å². The van der Waals surface area contributed by atoms with Crippen molar-refractivity contribution < 1.29 is 14.4 Å². The summed E-state index contributed by atoms with van der Waals surface area (Å²) < 4.78 is 10.7. The van der Waals surface area contributed by atoms with E-state index in [2.05, 4.69) is 20.5 Å². The van der Waals surface area contributed by atoms with Crippen LogP contribution in [0.5, 0.6) is 11.5 Å². The van der Waals surface area contributed by atoms with Crippen molar-refractivity contribution in [3.05, 3.63) is 63.7 Å². The Morgan fingerprint density at radius 2 is 1.84 bits per heavy atom. The van der Waals surface area contributed by atoms with E-state index in [1.165, 1.54) is 12.1 Å². The molecule has 2 aromatic rings. The first-order valence-corrected chi connectivity index (χ1v) is 10.2. The predicted octanol–water partition coefficient (Wildman–Crippen LogP) is 2.55. The molecule has 3 rings (SSSR count). The third-order valence-electron chi connectivity index (χ3n) is 5.26. The van der Waals surface area contributed by atoms with Crippen LogP contribution < -0.4 is 20.1 Å². The van der Waals surface area contributed by atoms with Gasteiger partial charge in [-0.25, -0.2) is 0 Å². The lowest BCUT2D eigenvalue weighted by molar-refractivity contribution is -0.384. The number of methoxy groups -OCH3 is 2. The Morgan fingerprint density at radius 3 is 2.42 bits per heavy atom. The van der Waals surface area contributed by atoms with E-state index in [-0.39, 0.29) is 11.7 Å². The van der Waals surface area contributed by atoms with Gasteiger partial charge in [0.25, 0.3) is 5.69 Å². The molecule has 31 heavy (non-hydrogen) atoms. The Balaban J connectivity index is 1.50. The molecule has 0 radical (unpaired) electrons. The van der Waals surface area contributed by atoms with Crippen LogP contribution in [-0.2, 0) is 13.1 Å². The summed E-state index contributed by atoms with van der Waals surface area (Å²) in [6, 6.07) is 12.7. The van der Waals surface area contributed by atoms with Gasteiger partial charge in [0.15, 0.2) is 5.96 Å². The van der Waals surface area contributed by atoms with E-state index < -0.39 is 4.92 Å². The standard InChI is InChI=1S/C22H29N5O4/c1-23-22(24-13-16-4-6-19(7-5-16)27(28)29)25-18-8-9-26(15-18)14-17-10-20(30-2)12-21(11-17)31-3/h4-7,10-12,18H,8-9,13-15H2,1-3H3,(H2,23,24,25). The summed E-state index contributed by atoms with van der Waals surface area (Å²) >= 11 is 0. The second-order valence-electron chi connectivity index (χ2n) is 7.44. The normalized spacial score (nSPS) is 16.7. The molecular weight excluding hydrogens is 398 g/mol. The average molecular weight is 428 g/mol. The molecule has 0 amide bonds. The molecule has 2 N–H and O–H groups in total. The summed E-state index contributed by atoms with van der Waals surface area (Å²) in [5.41, 5.74) is 2.19. The van der Waals surface area contributed by atoms with Crippen LogP contribution in [0.1, 0.15) is 17.5 Å². The molecule has 1 fully saturated rings. The fraction of sp³-hybridized carbons (Fsp3) is 0.409. The molecule has 1 heterocycles. The first-order valence-electron chi connectivity index (χ1n) is 10.2. The Morgan fingerprint density at radius 1 is 1.16 bits per heavy atom. The third kappa shape index (κ3) is 6.32. The zero-order valence-electron chi connectivity index (χ0n) is 18.1.